The number of nitrogens with one attached hydrogen (secondary N) is 1. The molecule has 110 valence electrons. The first-order valence-corrected chi connectivity index (χ1v) is 6.16. The van der Waals surface area contributed by atoms with Crippen molar-refractivity contribution >= 4 is 12.1 Å². The number of hydrogen-bond acceptors (Lipinski definition) is 5. The van der Waals surface area contributed by atoms with Gasteiger partial charge in [0.05, 0.1) is 13.2 Å². The second-order valence-electron chi connectivity index (χ2n) is 4.15. The average molecular weight is 281 g/mol. The van der Waals surface area contributed by atoms with Crippen LogP contribution in [0.15, 0.2) is 30.3 Å². The molecule has 1 rings (SSSR count). The zero-order chi connectivity index (χ0) is 15.0. The zero-order valence-corrected chi connectivity index (χ0v) is 11.8. The highest BCUT2D eigenvalue weighted by atomic mass is 16.6. The molecule has 0 spiro atoms. The minimum atomic E-state index is -0.909. The molecule has 6 nitrogen and oxygen atoms in total. The van der Waals surface area contributed by atoms with Crippen LogP contribution in [0.4, 0.5) is 4.79 Å². The van der Waals surface area contributed by atoms with Gasteiger partial charge in [-0.15, -0.1) is 0 Å². The molecule has 1 aromatic rings. The first-order valence-electron chi connectivity index (χ1n) is 6.16. The largest absolute Gasteiger partial charge is 0.467 e. The molecule has 0 bridgehead atoms. The standard InChI is InChI=1S/C14H19NO5/c1-10(18-2)12(13(16)19-3)15-14(17)20-9-11-7-5-4-6-8-11/h4-8,10,12H,9H2,1-3H3,(H,15,17)/t10-,12-/m0/s1. The van der Waals surface area contributed by atoms with Crippen molar-refractivity contribution in [2.45, 2.75) is 25.7 Å². The monoisotopic (exact) mass is 281 g/mol. The van der Waals surface area contributed by atoms with Crippen molar-refractivity contribution in [1.82, 2.24) is 5.32 Å². The van der Waals surface area contributed by atoms with Gasteiger partial charge in [-0.25, -0.2) is 9.59 Å². The second-order valence-corrected chi connectivity index (χ2v) is 4.15. The van der Waals surface area contributed by atoms with Gasteiger partial charge in [-0.05, 0) is 12.5 Å². The van der Waals surface area contributed by atoms with Crippen LogP contribution in [-0.4, -0.2) is 38.4 Å². The molecule has 0 fully saturated rings. The number of carbonyl (C=O) groups is 2. The number of rotatable bonds is 6. The predicted molar refractivity (Wildman–Crippen MR) is 72.0 cm³/mol. The second kappa shape index (κ2) is 8.16. The van der Waals surface area contributed by atoms with Crippen LogP contribution >= 0.6 is 0 Å². The van der Waals surface area contributed by atoms with Gasteiger partial charge in [-0.1, -0.05) is 30.3 Å². The van der Waals surface area contributed by atoms with Crippen molar-refractivity contribution in [3.8, 4) is 0 Å². The van der Waals surface area contributed by atoms with E-state index in [-0.39, 0.29) is 6.61 Å². The molecule has 0 aromatic heterocycles. The Morgan fingerprint density at radius 1 is 1.20 bits per heavy atom. The van der Waals surface area contributed by atoms with E-state index in [1.807, 2.05) is 30.3 Å². The first kappa shape index (κ1) is 16.0. The lowest BCUT2D eigenvalue weighted by Crippen LogP contribution is -2.49. The van der Waals surface area contributed by atoms with Crippen molar-refractivity contribution in [1.29, 1.82) is 0 Å². The summed E-state index contributed by atoms with van der Waals surface area (Å²) in [6, 6.07) is 8.33. The molecule has 2 atom stereocenters. The molecule has 1 N–H and O–H groups in total. The Bertz CT molecular complexity index is 434. The molecule has 6 heteroatoms. The Morgan fingerprint density at radius 2 is 1.85 bits per heavy atom. The summed E-state index contributed by atoms with van der Waals surface area (Å²) < 4.78 is 14.7. The molecule has 0 aliphatic rings. The van der Waals surface area contributed by atoms with Crippen molar-refractivity contribution in [2.75, 3.05) is 14.2 Å². The number of carbonyl (C=O) groups excluding carboxylic acids is 2. The van der Waals surface area contributed by atoms with Gasteiger partial charge >= 0.3 is 12.1 Å². The number of hydrogen-bond donors (Lipinski definition) is 1. The van der Waals surface area contributed by atoms with E-state index in [0.717, 1.165) is 5.56 Å². The Hall–Kier alpha value is -2.08. The first-order chi connectivity index (χ1) is 9.58. The van der Waals surface area contributed by atoms with Gasteiger partial charge < -0.3 is 19.5 Å². The van der Waals surface area contributed by atoms with E-state index in [2.05, 4.69) is 10.1 Å². The lowest BCUT2D eigenvalue weighted by molar-refractivity contribution is -0.146. The lowest BCUT2D eigenvalue weighted by Gasteiger charge is -2.21. The molecule has 0 aliphatic heterocycles. The summed E-state index contributed by atoms with van der Waals surface area (Å²) in [4.78, 5) is 23.2. The topological polar surface area (TPSA) is 73.9 Å². The summed E-state index contributed by atoms with van der Waals surface area (Å²) >= 11 is 0. The fourth-order valence-electron chi connectivity index (χ4n) is 1.52. The minimum Gasteiger partial charge on any atom is -0.467 e. The van der Waals surface area contributed by atoms with E-state index in [0.29, 0.717) is 0 Å². The highest BCUT2D eigenvalue weighted by Gasteiger charge is 2.28. The molecular weight excluding hydrogens is 262 g/mol. The number of benzene rings is 1. The molecule has 1 amide bonds. The molecule has 0 heterocycles. The average Bonchev–Trinajstić information content (AvgIpc) is 2.50. The summed E-state index contributed by atoms with van der Waals surface area (Å²) in [7, 11) is 2.69. The fourth-order valence-corrected chi connectivity index (χ4v) is 1.52. The predicted octanol–water partition coefficient (Wildman–Crippen LogP) is 1.49. The van der Waals surface area contributed by atoms with E-state index >= 15 is 0 Å². The number of ether oxygens (including phenoxy) is 3. The smallest absolute Gasteiger partial charge is 0.408 e. The van der Waals surface area contributed by atoms with Gasteiger partial charge in [0.2, 0.25) is 0 Å². The van der Waals surface area contributed by atoms with Gasteiger partial charge in [0.25, 0.3) is 0 Å². The van der Waals surface area contributed by atoms with Crippen LogP contribution in [-0.2, 0) is 25.6 Å². The quantitative estimate of drug-likeness (QED) is 0.800. The molecule has 0 saturated carbocycles. The van der Waals surface area contributed by atoms with E-state index in [4.69, 9.17) is 9.47 Å². The van der Waals surface area contributed by atoms with Gasteiger partial charge in [-0.3, -0.25) is 0 Å². The van der Waals surface area contributed by atoms with Crippen LogP contribution < -0.4 is 5.32 Å². The third-order valence-corrected chi connectivity index (χ3v) is 2.78. The highest BCUT2D eigenvalue weighted by molar-refractivity contribution is 5.81. The SMILES string of the molecule is COC(=O)[C@@H](NC(=O)OCc1ccccc1)[C@H](C)OC. The molecule has 0 radical (unpaired) electrons. The summed E-state index contributed by atoms with van der Waals surface area (Å²) in [5, 5.41) is 2.43. The summed E-state index contributed by atoms with van der Waals surface area (Å²) in [6.45, 7) is 1.78. The van der Waals surface area contributed by atoms with E-state index in [1.54, 1.807) is 6.92 Å². The molecule has 0 unspecified atom stereocenters. The van der Waals surface area contributed by atoms with Gasteiger partial charge in [0.15, 0.2) is 6.04 Å². The van der Waals surface area contributed by atoms with E-state index < -0.39 is 24.2 Å². The highest BCUT2D eigenvalue weighted by Crippen LogP contribution is 2.03. The van der Waals surface area contributed by atoms with Crippen LogP contribution in [0.5, 0.6) is 0 Å². The Morgan fingerprint density at radius 3 is 2.40 bits per heavy atom. The van der Waals surface area contributed by atoms with Crippen LogP contribution in [0.3, 0.4) is 0 Å². The zero-order valence-electron chi connectivity index (χ0n) is 11.8. The molecule has 20 heavy (non-hydrogen) atoms. The Balaban J connectivity index is 2.51. The van der Waals surface area contributed by atoms with Crippen molar-refractivity contribution in [2.24, 2.45) is 0 Å². The molecule has 1 aromatic carbocycles. The Labute approximate surface area is 118 Å². The summed E-state index contributed by atoms with van der Waals surface area (Å²) in [5.41, 5.74) is 0.858. The Kier molecular flexibility index (Phi) is 6.52. The molecule has 0 aliphatic carbocycles. The van der Waals surface area contributed by atoms with Crippen molar-refractivity contribution in [3.63, 3.8) is 0 Å². The van der Waals surface area contributed by atoms with Gasteiger partial charge in [-0.2, -0.15) is 0 Å². The summed E-state index contributed by atoms with van der Waals surface area (Å²) in [5.74, 6) is -0.587. The maximum Gasteiger partial charge on any atom is 0.408 e. The van der Waals surface area contributed by atoms with Crippen LogP contribution in [0.25, 0.3) is 0 Å². The van der Waals surface area contributed by atoms with Gasteiger partial charge in [0, 0.05) is 7.11 Å². The maximum absolute atomic E-state index is 11.7. The van der Waals surface area contributed by atoms with Crippen LogP contribution in [0, 0.1) is 0 Å². The van der Waals surface area contributed by atoms with Gasteiger partial charge in [0.1, 0.15) is 6.61 Å². The number of amides is 1. The number of methoxy groups -OCH3 is 2. The maximum atomic E-state index is 11.7. The summed E-state index contributed by atoms with van der Waals surface area (Å²) in [6.07, 6.45) is -1.22. The number of alkyl carbamates (subject to hydrolysis) is 1. The fraction of sp³-hybridized carbons (Fsp3) is 0.429. The third-order valence-electron chi connectivity index (χ3n) is 2.78. The van der Waals surface area contributed by atoms with E-state index in [1.165, 1.54) is 14.2 Å². The van der Waals surface area contributed by atoms with Crippen molar-refractivity contribution in [3.05, 3.63) is 35.9 Å². The molecular formula is C14H19NO5. The normalized spacial score (nSPS) is 13.2. The van der Waals surface area contributed by atoms with Crippen molar-refractivity contribution < 1.29 is 23.8 Å². The lowest BCUT2D eigenvalue weighted by atomic mass is 10.2. The van der Waals surface area contributed by atoms with Crippen LogP contribution in [0.1, 0.15) is 12.5 Å². The minimum absolute atomic E-state index is 0.127. The van der Waals surface area contributed by atoms with E-state index in [9.17, 15) is 9.59 Å². The third kappa shape index (κ3) is 4.89. The number of esters is 1. The van der Waals surface area contributed by atoms with Crippen LogP contribution in [0.2, 0.25) is 0 Å². The molecule has 0 saturated heterocycles.